The van der Waals surface area contributed by atoms with Crippen molar-refractivity contribution in [2.24, 2.45) is 11.3 Å². The number of hydrogen-bond acceptors (Lipinski definition) is 2. The summed E-state index contributed by atoms with van der Waals surface area (Å²) in [5.41, 5.74) is -1.90. The standard InChI is InChI=1S/C16H32N2O3/c1-11(2)9-8-10-12(3)17-14(21)18-16(6,7)15(4,5)13(19)20/h11-12H,8-10H2,1-7H3,(H,19,20)(H2,17,18,21). The Morgan fingerprint density at radius 2 is 1.57 bits per heavy atom. The molecule has 0 aromatic carbocycles. The number of nitrogens with one attached hydrogen (secondary N) is 2. The lowest BCUT2D eigenvalue weighted by atomic mass is 9.74. The van der Waals surface area contributed by atoms with Gasteiger partial charge in [-0.2, -0.15) is 0 Å². The van der Waals surface area contributed by atoms with Crippen LogP contribution in [-0.4, -0.2) is 28.7 Å². The SMILES string of the molecule is CC(C)CCCC(C)NC(=O)NC(C)(C)C(C)(C)C(=O)O. The molecule has 0 heterocycles. The first-order valence-electron chi connectivity index (χ1n) is 7.72. The maximum atomic E-state index is 12.0. The van der Waals surface area contributed by atoms with Crippen LogP contribution in [-0.2, 0) is 4.79 Å². The highest BCUT2D eigenvalue weighted by atomic mass is 16.4. The van der Waals surface area contributed by atoms with E-state index in [2.05, 4.69) is 24.5 Å². The van der Waals surface area contributed by atoms with E-state index in [0.29, 0.717) is 5.92 Å². The lowest BCUT2D eigenvalue weighted by Gasteiger charge is -2.39. The fourth-order valence-electron chi connectivity index (χ4n) is 1.87. The Hall–Kier alpha value is -1.26. The van der Waals surface area contributed by atoms with Gasteiger partial charge in [0.25, 0.3) is 0 Å². The molecule has 0 aliphatic heterocycles. The van der Waals surface area contributed by atoms with E-state index in [-0.39, 0.29) is 12.1 Å². The lowest BCUT2D eigenvalue weighted by molar-refractivity contribution is -0.150. The third-order valence-electron chi connectivity index (χ3n) is 4.32. The zero-order valence-electron chi connectivity index (χ0n) is 14.5. The van der Waals surface area contributed by atoms with Crippen LogP contribution < -0.4 is 10.6 Å². The summed E-state index contributed by atoms with van der Waals surface area (Å²) in [4.78, 5) is 23.3. The zero-order chi connectivity index (χ0) is 16.8. The molecular formula is C16H32N2O3. The third kappa shape index (κ3) is 6.36. The Labute approximate surface area is 128 Å². The van der Waals surface area contributed by atoms with E-state index in [1.54, 1.807) is 27.7 Å². The Kier molecular flexibility index (Phi) is 7.20. The van der Waals surface area contributed by atoms with Crippen LogP contribution >= 0.6 is 0 Å². The molecule has 0 aromatic heterocycles. The summed E-state index contributed by atoms with van der Waals surface area (Å²) in [6.07, 6.45) is 3.14. The van der Waals surface area contributed by atoms with Gasteiger partial charge in [-0.1, -0.05) is 26.7 Å². The molecular weight excluding hydrogens is 268 g/mol. The number of aliphatic carboxylic acids is 1. The van der Waals surface area contributed by atoms with Gasteiger partial charge in [0.15, 0.2) is 0 Å². The minimum Gasteiger partial charge on any atom is -0.481 e. The highest BCUT2D eigenvalue weighted by Crippen LogP contribution is 2.30. The van der Waals surface area contributed by atoms with Gasteiger partial charge in [-0.25, -0.2) is 4.79 Å². The highest BCUT2D eigenvalue weighted by molar-refractivity contribution is 5.79. The Morgan fingerprint density at radius 3 is 2.00 bits per heavy atom. The zero-order valence-corrected chi connectivity index (χ0v) is 14.5. The summed E-state index contributed by atoms with van der Waals surface area (Å²) in [7, 11) is 0. The second-order valence-electron chi connectivity index (χ2n) is 7.38. The molecule has 1 atom stereocenters. The topological polar surface area (TPSA) is 78.4 Å². The molecule has 0 aliphatic rings. The first-order chi connectivity index (χ1) is 9.40. The quantitative estimate of drug-likeness (QED) is 0.643. The van der Waals surface area contributed by atoms with Gasteiger partial charge in [-0.3, -0.25) is 4.79 Å². The summed E-state index contributed by atoms with van der Waals surface area (Å²) in [5, 5.41) is 14.9. The van der Waals surface area contributed by atoms with E-state index in [1.165, 1.54) is 0 Å². The normalized spacial score (nSPS) is 13.9. The fraction of sp³-hybridized carbons (Fsp3) is 0.875. The summed E-state index contributed by atoms with van der Waals surface area (Å²) < 4.78 is 0. The molecule has 3 N–H and O–H groups in total. The summed E-state index contributed by atoms with van der Waals surface area (Å²) in [6, 6.07) is -0.237. The maximum Gasteiger partial charge on any atom is 0.315 e. The molecule has 21 heavy (non-hydrogen) atoms. The molecule has 0 saturated carbocycles. The van der Waals surface area contributed by atoms with Gasteiger partial charge in [0.2, 0.25) is 0 Å². The third-order valence-corrected chi connectivity index (χ3v) is 4.32. The number of carbonyl (C=O) groups is 2. The van der Waals surface area contributed by atoms with Crippen molar-refractivity contribution in [3.63, 3.8) is 0 Å². The molecule has 0 aromatic rings. The molecule has 0 aliphatic carbocycles. The molecule has 0 fully saturated rings. The second kappa shape index (κ2) is 7.66. The van der Waals surface area contributed by atoms with Crippen molar-refractivity contribution in [2.45, 2.75) is 79.3 Å². The van der Waals surface area contributed by atoms with Crippen LogP contribution in [0.3, 0.4) is 0 Å². The minimum atomic E-state index is -1.05. The molecule has 0 radical (unpaired) electrons. The van der Waals surface area contributed by atoms with Crippen LogP contribution in [0.15, 0.2) is 0 Å². The van der Waals surface area contributed by atoms with Gasteiger partial charge in [-0.15, -0.1) is 0 Å². The van der Waals surface area contributed by atoms with Crippen molar-refractivity contribution in [2.75, 3.05) is 0 Å². The number of carboxylic acid groups (broad SMARTS) is 1. The van der Waals surface area contributed by atoms with E-state index in [0.717, 1.165) is 19.3 Å². The van der Waals surface area contributed by atoms with Gasteiger partial charge in [0.1, 0.15) is 0 Å². The smallest absolute Gasteiger partial charge is 0.315 e. The van der Waals surface area contributed by atoms with Crippen molar-refractivity contribution in [1.29, 1.82) is 0 Å². The molecule has 1 unspecified atom stereocenters. The lowest BCUT2D eigenvalue weighted by Crippen LogP contribution is -2.59. The maximum absolute atomic E-state index is 12.0. The van der Waals surface area contributed by atoms with E-state index in [1.807, 2.05) is 6.92 Å². The van der Waals surface area contributed by atoms with E-state index in [4.69, 9.17) is 0 Å². The number of urea groups is 1. The first-order valence-corrected chi connectivity index (χ1v) is 7.72. The van der Waals surface area contributed by atoms with Crippen molar-refractivity contribution in [3.05, 3.63) is 0 Å². The number of carboxylic acids is 1. The first kappa shape index (κ1) is 19.7. The molecule has 5 heteroatoms. The Bertz CT molecular complexity index is 363. The minimum absolute atomic E-state index is 0.0764. The van der Waals surface area contributed by atoms with Crippen molar-refractivity contribution in [1.82, 2.24) is 10.6 Å². The molecule has 0 bridgehead atoms. The van der Waals surface area contributed by atoms with Gasteiger partial charge in [0, 0.05) is 6.04 Å². The predicted molar refractivity (Wildman–Crippen MR) is 85.3 cm³/mol. The molecule has 0 rings (SSSR count). The summed E-state index contributed by atoms with van der Waals surface area (Å²) in [6.45, 7) is 13.0. The largest absolute Gasteiger partial charge is 0.481 e. The van der Waals surface area contributed by atoms with Crippen molar-refractivity contribution in [3.8, 4) is 0 Å². The van der Waals surface area contributed by atoms with Gasteiger partial charge < -0.3 is 15.7 Å². The van der Waals surface area contributed by atoms with Crippen LogP contribution in [0, 0.1) is 11.3 Å². The van der Waals surface area contributed by atoms with Crippen molar-refractivity contribution < 1.29 is 14.7 Å². The number of rotatable bonds is 8. The second-order valence-corrected chi connectivity index (χ2v) is 7.38. The van der Waals surface area contributed by atoms with Gasteiger partial charge in [0.05, 0.1) is 11.0 Å². The number of hydrogen-bond donors (Lipinski definition) is 3. The monoisotopic (exact) mass is 300 g/mol. The molecule has 5 nitrogen and oxygen atoms in total. The molecule has 124 valence electrons. The summed E-state index contributed by atoms with van der Waals surface area (Å²) >= 11 is 0. The van der Waals surface area contributed by atoms with Crippen LogP contribution in [0.4, 0.5) is 4.79 Å². The van der Waals surface area contributed by atoms with Crippen LogP contribution in [0.5, 0.6) is 0 Å². The Morgan fingerprint density at radius 1 is 1.05 bits per heavy atom. The van der Waals surface area contributed by atoms with Crippen LogP contribution in [0.2, 0.25) is 0 Å². The highest BCUT2D eigenvalue weighted by Gasteiger charge is 2.44. The Balaban J connectivity index is 4.39. The predicted octanol–water partition coefficient (Wildman–Crippen LogP) is 3.39. The molecule has 0 saturated heterocycles. The van der Waals surface area contributed by atoms with Crippen LogP contribution in [0.1, 0.15) is 67.7 Å². The van der Waals surface area contributed by atoms with E-state index in [9.17, 15) is 14.7 Å². The van der Waals surface area contributed by atoms with E-state index < -0.39 is 16.9 Å². The number of carbonyl (C=O) groups excluding carboxylic acids is 1. The average molecular weight is 300 g/mol. The fourth-order valence-corrected chi connectivity index (χ4v) is 1.87. The van der Waals surface area contributed by atoms with Crippen LogP contribution in [0.25, 0.3) is 0 Å². The molecule has 2 amide bonds. The van der Waals surface area contributed by atoms with Gasteiger partial charge >= 0.3 is 12.0 Å². The number of amides is 2. The van der Waals surface area contributed by atoms with Gasteiger partial charge in [-0.05, 0) is 47.0 Å². The molecule has 0 spiro atoms. The average Bonchev–Trinajstić information content (AvgIpc) is 2.26. The van der Waals surface area contributed by atoms with E-state index >= 15 is 0 Å². The van der Waals surface area contributed by atoms with Crippen molar-refractivity contribution >= 4 is 12.0 Å². The summed E-state index contributed by atoms with van der Waals surface area (Å²) in [5.74, 6) is -0.265.